The van der Waals surface area contributed by atoms with Crippen LogP contribution in [0.3, 0.4) is 0 Å². The molecule has 4 aromatic rings. The largest absolute Gasteiger partial charge is 0.493 e. The van der Waals surface area contributed by atoms with E-state index in [0.29, 0.717) is 41.4 Å². The fraction of sp³-hybridized carbons (Fsp3) is 0.375. The summed E-state index contributed by atoms with van der Waals surface area (Å²) in [6, 6.07) is 7.54. The number of rotatable bonds is 9. The van der Waals surface area contributed by atoms with Crippen LogP contribution in [0.4, 0.5) is 17.6 Å². The topological polar surface area (TPSA) is 137 Å². The number of hydrogen-bond acceptors (Lipinski definition) is 10. The summed E-state index contributed by atoms with van der Waals surface area (Å²) >= 11 is 0. The molecule has 1 atom stereocenters. The molecule has 1 aromatic carbocycles. The van der Waals surface area contributed by atoms with E-state index in [9.17, 15) is 5.11 Å². The van der Waals surface area contributed by atoms with Crippen molar-refractivity contribution in [1.82, 2.24) is 24.1 Å². The van der Waals surface area contributed by atoms with Crippen molar-refractivity contribution < 1.29 is 19.3 Å². The average molecular weight is 495 g/mol. The minimum atomic E-state index is -0.00794. The van der Waals surface area contributed by atoms with Gasteiger partial charge in [0.1, 0.15) is 17.7 Å². The van der Waals surface area contributed by atoms with Gasteiger partial charge >= 0.3 is 0 Å². The van der Waals surface area contributed by atoms with Gasteiger partial charge in [0.05, 0.1) is 51.6 Å². The Morgan fingerprint density at radius 3 is 2.58 bits per heavy atom. The van der Waals surface area contributed by atoms with Crippen molar-refractivity contribution in [3.05, 3.63) is 42.5 Å². The van der Waals surface area contributed by atoms with Gasteiger partial charge in [-0.05, 0) is 25.0 Å². The Kier molecular flexibility index (Phi) is 6.53. The minimum absolute atomic E-state index is 0.00794. The molecule has 12 heteroatoms. The first-order chi connectivity index (χ1) is 17.6. The molecule has 12 nitrogen and oxygen atoms in total. The number of anilines is 3. The maximum atomic E-state index is 9.82. The normalized spacial score (nSPS) is 15.5. The first-order valence-electron chi connectivity index (χ1n) is 11.7. The van der Waals surface area contributed by atoms with Gasteiger partial charge in [-0.2, -0.15) is 4.98 Å². The second-order valence-electron chi connectivity index (χ2n) is 8.43. The molecular weight excluding hydrogens is 464 g/mol. The van der Waals surface area contributed by atoms with Gasteiger partial charge < -0.3 is 39.8 Å². The lowest BCUT2D eigenvalue weighted by molar-refractivity contribution is 0.265. The van der Waals surface area contributed by atoms with Crippen LogP contribution in [0.5, 0.6) is 17.2 Å². The van der Waals surface area contributed by atoms with Crippen molar-refractivity contribution in [2.75, 3.05) is 44.7 Å². The van der Waals surface area contributed by atoms with Crippen molar-refractivity contribution in [3.63, 3.8) is 0 Å². The maximum Gasteiger partial charge on any atom is 0.245 e. The number of aromatic nitrogens is 5. The summed E-state index contributed by atoms with van der Waals surface area (Å²) in [6.45, 7) is 1.17. The SMILES string of the molecule is COc1cc(-n2cnc(Nc3nc(N4CCC[C@H]4CO)nn4c(CN)ccc34)c2)cc(OC)c1OC. The number of methoxy groups -OCH3 is 3. The Morgan fingerprint density at radius 1 is 1.14 bits per heavy atom. The second kappa shape index (κ2) is 9.91. The molecule has 5 rings (SSSR count). The molecule has 4 heterocycles. The lowest BCUT2D eigenvalue weighted by Gasteiger charge is -2.23. The quantitative estimate of drug-likeness (QED) is 0.317. The predicted octanol–water partition coefficient (Wildman–Crippen LogP) is 2.10. The van der Waals surface area contributed by atoms with Crippen LogP contribution >= 0.6 is 0 Å². The Hall–Kier alpha value is -4.03. The first-order valence-corrected chi connectivity index (χ1v) is 11.7. The van der Waals surface area contributed by atoms with E-state index in [2.05, 4.69) is 10.3 Å². The van der Waals surface area contributed by atoms with Crippen LogP contribution in [0.1, 0.15) is 18.5 Å². The monoisotopic (exact) mass is 494 g/mol. The standard InChI is InChI=1S/C24H30N8O4/c1-34-19-9-17(10-20(35-2)22(19)36-3)30-12-21(26-14-30)27-23-18-7-6-15(11-25)32(18)29-24(28-23)31-8-4-5-16(31)13-33/h6-7,9-10,12,14,16,33H,4-5,8,11,13,25H2,1-3H3,(H,27,28,29)/t16-/m0/s1. The molecule has 0 amide bonds. The van der Waals surface area contributed by atoms with Gasteiger partial charge in [0.2, 0.25) is 11.7 Å². The molecule has 3 aromatic heterocycles. The number of benzene rings is 1. The summed E-state index contributed by atoms with van der Waals surface area (Å²) in [5.74, 6) is 3.33. The fourth-order valence-corrected chi connectivity index (χ4v) is 4.56. The van der Waals surface area contributed by atoms with Crippen molar-refractivity contribution >= 4 is 23.1 Å². The Labute approximate surface area is 208 Å². The molecule has 0 bridgehead atoms. The molecule has 1 fully saturated rings. The number of nitrogens with two attached hydrogens (primary N) is 1. The summed E-state index contributed by atoms with van der Waals surface area (Å²) in [7, 11) is 4.72. The molecule has 0 spiro atoms. The number of aliphatic hydroxyl groups excluding tert-OH is 1. The van der Waals surface area contributed by atoms with Crippen LogP contribution in [0.25, 0.3) is 11.2 Å². The predicted molar refractivity (Wildman–Crippen MR) is 135 cm³/mol. The maximum absolute atomic E-state index is 9.82. The molecule has 190 valence electrons. The van der Waals surface area contributed by atoms with Crippen LogP contribution in [-0.4, -0.2) is 69.8 Å². The molecule has 0 aliphatic carbocycles. The molecule has 0 saturated carbocycles. The summed E-state index contributed by atoms with van der Waals surface area (Å²) < 4.78 is 20.0. The Balaban J connectivity index is 1.51. The molecular formula is C24H30N8O4. The van der Waals surface area contributed by atoms with Crippen LogP contribution in [0, 0.1) is 0 Å². The third-order valence-corrected chi connectivity index (χ3v) is 6.41. The molecule has 1 saturated heterocycles. The summed E-state index contributed by atoms with van der Waals surface area (Å²) in [5.41, 5.74) is 8.38. The van der Waals surface area contributed by atoms with Crippen LogP contribution in [0.2, 0.25) is 0 Å². The van der Waals surface area contributed by atoms with E-state index in [1.165, 1.54) is 0 Å². The molecule has 0 radical (unpaired) electrons. The highest BCUT2D eigenvalue weighted by Gasteiger charge is 2.27. The van der Waals surface area contributed by atoms with Crippen LogP contribution in [-0.2, 0) is 6.54 Å². The Morgan fingerprint density at radius 2 is 1.92 bits per heavy atom. The molecule has 1 aliphatic heterocycles. The summed E-state index contributed by atoms with van der Waals surface area (Å²) in [6.07, 6.45) is 5.41. The van der Waals surface area contributed by atoms with Crippen LogP contribution in [0.15, 0.2) is 36.8 Å². The lowest BCUT2D eigenvalue weighted by Crippen LogP contribution is -2.34. The molecule has 4 N–H and O–H groups in total. The van der Waals surface area contributed by atoms with Gasteiger partial charge in [-0.25, -0.2) is 9.50 Å². The zero-order chi connectivity index (χ0) is 25.2. The summed E-state index contributed by atoms with van der Waals surface area (Å²) in [5, 5.41) is 17.9. The highest BCUT2D eigenvalue weighted by molar-refractivity contribution is 5.74. The van der Waals surface area contributed by atoms with Crippen molar-refractivity contribution in [2.45, 2.75) is 25.4 Å². The van der Waals surface area contributed by atoms with Gasteiger partial charge in [0, 0.05) is 25.2 Å². The zero-order valence-corrected chi connectivity index (χ0v) is 20.5. The van der Waals surface area contributed by atoms with Gasteiger partial charge in [-0.3, -0.25) is 0 Å². The number of fused-ring (bicyclic) bond motifs is 1. The number of aliphatic hydroxyl groups is 1. The molecule has 1 aliphatic rings. The summed E-state index contributed by atoms with van der Waals surface area (Å²) in [4.78, 5) is 11.4. The van der Waals surface area contributed by atoms with E-state index < -0.39 is 0 Å². The van der Waals surface area contributed by atoms with E-state index in [4.69, 9.17) is 30.0 Å². The Bertz CT molecular complexity index is 1340. The van der Waals surface area contributed by atoms with Gasteiger partial charge in [0.15, 0.2) is 17.3 Å². The van der Waals surface area contributed by atoms with E-state index in [1.807, 2.05) is 39.9 Å². The van der Waals surface area contributed by atoms with Gasteiger partial charge in [-0.15, -0.1) is 5.10 Å². The van der Waals surface area contributed by atoms with Crippen molar-refractivity contribution in [1.29, 1.82) is 0 Å². The third kappa shape index (κ3) is 4.14. The van der Waals surface area contributed by atoms with E-state index >= 15 is 0 Å². The van der Waals surface area contributed by atoms with E-state index in [1.54, 1.807) is 32.2 Å². The minimum Gasteiger partial charge on any atom is -0.493 e. The average Bonchev–Trinajstić information content (AvgIpc) is 3.67. The van der Waals surface area contributed by atoms with Crippen LogP contribution < -0.4 is 30.2 Å². The lowest BCUT2D eigenvalue weighted by atomic mass is 10.2. The number of imidazole rings is 1. The number of ether oxygens (including phenoxy) is 3. The van der Waals surface area contributed by atoms with Crippen molar-refractivity contribution in [3.8, 4) is 22.9 Å². The highest BCUT2D eigenvalue weighted by atomic mass is 16.5. The smallest absolute Gasteiger partial charge is 0.245 e. The van der Waals surface area contributed by atoms with E-state index in [-0.39, 0.29) is 12.6 Å². The second-order valence-corrected chi connectivity index (χ2v) is 8.43. The fourth-order valence-electron chi connectivity index (χ4n) is 4.56. The number of nitrogens with one attached hydrogen (secondary N) is 1. The zero-order valence-electron chi connectivity index (χ0n) is 20.5. The number of nitrogens with zero attached hydrogens (tertiary/aromatic N) is 6. The first kappa shape index (κ1) is 23.7. The van der Waals surface area contributed by atoms with E-state index in [0.717, 1.165) is 36.3 Å². The van der Waals surface area contributed by atoms with Crippen molar-refractivity contribution in [2.24, 2.45) is 5.73 Å². The molecule has 0 unspecified atom stereocenters. The molecule has 36 heavy (non-hydrogen) atoms. The number of hydrogen-bond donors (Lipinski definition) is 3. The highest BCUT2D eigenvalue weighted by Crippen LogP contribution is 2.39. The van der Waals surface area contributed by atoms with Gasteiger partial charge in [-0.1, -0.05) is 0 Å². The van der Waals surface area contributed by atoms with Gasteiger partial charge in [0.25, 0.3) is 0 Å². The third-order valence-electron chi connectivity index (χ3n) is 6.41.